The molecule has 0 heterocycles. The van der Waals surface area contributed by atoms with Crippen molar-refractivity contribution >= 4 is 91.6 Å². The molecule has 0 amide bonds. The van der Waals surface area contributed by atoms with E-state index in [-0.39, 0.29) is 23.5 Å². The van der Waals surface area contributed by atoms with Gasteiger partial charge in [0.2, 0.25) is 0 Å². The van der Waals surface area contributed by atoms with Crippen LogP contribution in [-0.2, 0) is 0 Å². The predicted octanol–water partition coefficient (Wildman–Crippen LogP) is 10.1. The molecule has 0 aromatic heterocycles. The van der Waals surface area contributed by atoms with Gasteiger partial charge in [-0.2, -0.15) is 0 Å². The maximum Gasteiger partial charge on any atom is 0.0344 e. The molecule has 5 nitrogen and oxygen atoms in total. The van der Waals surface area contributed by atoms with Crippen molar-refractivity contribution in [3.05, 3.63) is 119 Å². The highest BCUT2D eigenvalue weighted by Gasteiger charge is 1.93. The third kappa shape index (κ3) is 22.3. The first kappa shape index (κ1) is 55.9. The summed E-state index contributed by atoms with van der Waals surface area (Å²) in [6.07, 6.45) is 0. The third-order valence-electron chi connectivity index (χ3n) is 6.27. The van der Waals surface area contributed by atoms with Crippen LogP contribution in [0, 0.1) is 34.6 Å². The lowest BCUT2D eigenvalue weighted by Crippen LogP contribution is -1.87. The van der Waals surface area contributed by atoms with Gasteiger partial charge in [-0.05, 0) is 153 Å². The average molecular weight is 796 g/mol. The molecule has 0 bridgehead atoms. The number of rotatable bonds is 0. The molecule has 5 aromatic carbocycles. The summed E-state index contributed by atoms with van der Waals surface area (Å²) in [5.41, 5.74) is 37.3. The molecule has 0 radical (unpaired) electrons. The molecule has 0 fully saturated rings. The molecule has 0 aliphatic carbocycles. The Kier molecular flexibility index (Phi) is 31.6. The average Bonchev–Trinajstić information content (AvgIpc) is 2.97. The summed E-state index contributed by atoms with van der Waals surface area (Å²) in [5.74, 6) is 0. The fourth-order valence-corrected chi connectivity index (χ4v) is 4.64. The number of thiol groups is 5. The Morgan fingerprint density at radius 1 is 0.280 bits per heavy atom. The van der Waals surface area contributed by atoms with Gasteiger partial charge in [-0.1, -0.05) is 0 Å². The van der Waals surface area contributed by atoms with Crippen molar-refractivity contribution in [1.82, 2.24) is 0 Å². The zero-order chi connectivity index (χ0) is 34.3. The van der Waals surface area contributed by atoms with Gasteiger partial charge in [-0.25, -0.2) is 0 Å². The van der Waals surface area contributed by atoms with Gasteiger partial charge in [0.15, 0.2) is 0 Å². The van der Waals surface area contributed by atoms with Crippen LogP contribution >= 0.6 is 63.1 Å². The van der Waals surface area contributed by atoms with Crippen molar-refractivity contribution in [2.75, 3.05) is 28.7 Å². The second-order valence-electron chi connectivity index (χ2n) is 10.2. The zero-order valence-corrected chi connectivity index (χ0v) is 32.8. The molecule has 0 saturated carbocycles. The summed E-state index contributed by atoms with van der Waals surface area (Å²) in [4.78, 5) is 4.80. The second kappa shape index (κ2) is 28.2. The topological polar surface area (TPSA) is 130 Å². The minimum atomic E-state index is 0. The van der Waals surface area contributed by atoms with Crippen LogP contribution in [0.25, 0.3) is 0 Å². The van der Waals surface area contributed by atoms with Crippen LogP contribution in [0.15, 0.2) is 115 Å². The Morgan fingerprint density at radius 2 is 0.400 bits per heavy atom. The molecule has 0 saturated heterocycles. The number of anilines is 5. The van der Waals surface area contributed by atoms with E-state index in [4.69, 9.17) is 28.7 Å². The van der Waals surface area contributed by atoms with Crippen LogP contribution in [0.4, 0.5) is 52.0 Å². The molecule has 15 heteroatoms. The van der Waals surface area contributed by atoms with E-state index >= 15 is 0 Å². The van der Waals surface area contributed by atoms with Crippen molar-refractivity contribution in [1.29, 1.82) is 0 Å². The fraction of sp³-hybridized carbons (Fsp3) is 0.143. The zero-order valence-electron chi connectivity index (χ0n) is 28.3. The first-order valence-electron chi connectivity index (χ1n) is 13.8. The maximum absolute atomic E-state index is 5.55. The number of hydrogen-bond acceptors (Lipinski definition) is 10. The van der Waals surface area contributed by atoms with Gasteiger partial charge in [0.1, 0.15) is 0 Å². The second-order valence-corrected chi connectivity index (χ2v) is 12.8. The minimum Gasteiger partial charge on any atom is -0.399 e. The standard InChI is InChI=1S/5C7H9NS.5FH/c5*1-5-4-6(9)2-3-7(5)8;;;;;/h5*2-4,9H,8H2,1H3;5*1H. The highest BCUT2D eigenvalue weighted by atomic mass is 32.1. The smallest absolute Gasteiger partial charge is 0.0344 e. The van der Waals surface area contributed by atoms with Crippen molar-refractivity contribution in [2.24, 2.45) is 0 Å². The van der Waals surface area contributed by atoms with Gasteiger partial charge in [0, 0.05) is 52.9 Å². The Morgan fingerprint density at radius 3 is 0.480 bits per heavy atom. The van der Waals surface area contributed by atoms with E-state index in [0.717, 1.165) is 80.7 Å². The van der Waals surface area contributed by atoms with Crippen molar-refractivity contribution in [2.45, 2.75) is 59.1 Å². The lowest BCUT2D eigenvalue weighted by atomic mass is 10.2. The molecule has 5 rings (SSSR count). The van der Waals surface area contributed by atoms with E-state index < -0.39 is 0 Å². The monoisotopic (exact) mass is 795 g/mol. The van der Waals surface area contributed by atoms with Crippen LogP contribution < -0.4 is 28.7 Å². The number of nitrogen functional groups attached to an aromatic ring is 5. The largest absolute Gasteiger partial charge is 0.399 e. The van der Waals surface area contributed by atoms with Gasteiger partial charge < -0.3 is 28.7 Å². The summed E-state index contributed by atoms with van der Waals surface area (Å²) in [7, 11) is 0. The van der Waals surface area contributed by atoms with Crippen LogP contribution in [0.5, 0.6) is 0 Å². The molecule has 0 unspecified atom stereocenters. The van der Waals surface area contributed by atoms with Crippen LogP contribution in [0.2, 0.25) is 0 Å². The van der Waals surface area contributed by atoms with E-state index in [9.17, 15) is 0 Å². The molecular weight excluding hydrogens is 746 g/mol. The highest BCUT2D eigenvalue weighted by molar-refractivity contribution is 7.81. The molecule has 10 N–H and O–H groups in total. The number of benzene rings is 5. The normalized spacial score (nSPS) is 8.60. The Bertz CT molecular complexity index is 1410. The fourth-order valence-electron chi connectivity index (χ4n) is 3.30. The van der Waals surface area contributed by atoms with E-state index in [2.05, 4.69) is 63.1 Å². The van der Waals surface area contributed by atoms with Crippen LogP contribution in [-0.4, -0.2) is 0 Å². The molecule has 280 valence electrons. The molecule has 0 aliphatic heterocycles. The van der Waals surface area contributed by atoms with Crippen LogP contribution in [0.1, 0.15) is 27.8 Å². The molecule has 5 aromatic rings. The molecule has 0 atom stereocenters. The summed E-state index contributed by atoms with van der Waals surface area (Å²) in [5, 5.41) is 0. The number of halogens is 5. The molecule has 0 spiro atoms. The third-order valence-corrected chi connectivity index (χ3v) is 7.66. The number of aryl methyl sites for hydroxylation is 5. The van der Waals surface area contributed by atoms with E-state index in [1.807, 2.05) is 126 Å². The van der Waals surface area contributed by atoms with Gasteiger partial charge in [0.05, 0.1) is 0 Å². The predicted molar refractivity (Wildman–Crippen MR) is 227 cm³/mol. The lowest BCUT2D eigenvalue weighted by molar-refractivity contribution is 1.11. The van der Waals surface area contributed by atoms with Crippen LogP contribution in [0.3, 0.4) is 0 Å². The van der Waals surface area contributed by atoms with E-state index in [1.54, 1.807) is 0 Å². The Balaban J connectivity index is -0.000000165. The van der Waals surface area contributed by atoms with Crippen molar-refractivity contribution < 1.29 is 23.5 Å². The molecule has 50 heavy (non-hydrogen) atoms. The lowest BCUT2D eigenvalue weighted by Gasteiger charge is -1.97. The Hall–Kier alpha value is -3.50. The Labute approximate surface area is 320 Å². The number of hydrogen-bond donors (Lipinski definition) is 10. The molecule has 0 aliphatic rings. The molecular formula is C35H50F5N5S5. The van der Waals surface area contributed by atoms with Gasteiger partial charge in [0.25, 0.3) is 0 Å². The van der Waals surface area contributed by atoms with Gasteiger partial charge >= 0.3 is 0 Å². The quantitative estimate of drug-likeness (QED) is 0.0434. The minimum absolute atomic E-state index is 0. The van der Waals surface area contributed by atoms with Crippen molar-refractivity contribution in [3.63, 3.8) is 0 Å². The number of nitrogens with two attached hydrogens (primary N) is 5. The van der Waals surface area contributed by atoms with Crippen molar-refractivity contribution in [3.8, 4) is 0 Å². The van der Waals surface area contributed by atoms with E-state index in [1.165, 1.54) is 0 Å². The summed E-state index contributed by atoms with van der Waals surface area (Å²) in [6.45, 7) is 9.84. The summed E-state index contributed by atoms with van der Waals surface area (Å²) < 4.78 is 0. The highest BCUT2D eigenvalue weighted by Crippen LogP contribution is 2.17. The summed E-state index contributed by atoms with van der Waals surface area (Å²) >= 11 is 20.7. The van der Waals surface area contributed by atoms with Gasteiger partial charge in [-0.15, -0.1) is 63.1 Å². The first-order valence-corrected chi connectivity index (χ1v) is 16.0. The SMILES string of the molecule is Cc1cc(S)ccc1N.Cc1cc(S)ccc1N.Cc1cc(S)ccc1N.Cc1cc(S)ccc1N.Cc1cc(S)ccc1N.F.F.F.F.F. The van der Waals surface area contributed by atoms with E-state index in [0.29, 0.717) is 0 Å². The van der Waals surface area contributed by atoms with Gasteiger partial charge in [-0.3, -0.25) is 23.5 Å². The summed E-state index contributed by atoms with van der Waals surface area (Å²) in [6, 6.07) is 28.4. The first-order chi connectivity index (χ1) is 21.0. The maximum atomic E-state index is 5.55.